The second-order valence-electron chi connectivity index (χ2n) is 5.46. The molecule has 2 rings (SSSR count). The van der Waals surface area contributed by atoms with Crippen LogP contribution in [0.2, 0.25) is 0 Å². The lowest BCUT2D eigenvalue weighted by Gasteiger charge is -2.37. The second-order valence-corrected chi connectivity index (χ2v) is 5.46. The van der Waals surface area contributed by atoms with Gasteiger partial charge in [-0.05, 0) is 6.42 Å². The van der Waals surface area contributed by atoms with E-state index >= 15 is 0 Å². The van der Waals surface area contributed by atoms with Crippen LogP contribution in [0.4, 0.5) is 13.6 Å². The van der Waals surface area contributed by atoms with Gasteiger partial charge >= 0.3 is 12.1 Å². The minimum atomic E-state index is -2.86. The molecule has 1 amide bonds. The van der Waals surface area contributed by atoms with E-state index in [1.807, 2.05) is 0 Å². The first kappa shape index (κ1) is 14.7. The number of carboxylic acids is 1. The molecule has 5 nitrogen and oxygen atoms in total. The van der Waals surface area contributed by atoms with Gasteiger partial charge in [0.15, 0.2) is 0 Å². The maximum Gasteiger partial charge on any atom is 0.410 e. The highest BCUT2D eigenvalue weighted by Crippen LogP contribution is 2.51. The Kier molecular flexibility index (Phi) is 3.71. The Hall–Kier alpha value is -1.66. The summed E-state index contributed by atoms with van der Waals surface area (Å²) in [5.74, 6) is -4.71. The van der Waals surface area contributed by atoms with E-state index in [0.29, 0.717) is 0 Å². The third-order valence-electron chi connectivity index (χ3n) is 4.19. The molecule has 0 radical (unpaired) electrons. The van der Waals surface area contributed by atoms with E-state index in [2.05, 4.69) is 6.58 Å². The lowest BCUT2D eigenvalue weighted by atomic mass is 9.67. The molecular weight excluding hydrogens is 272 g/mol. The number of halogens is 2. The molecule has 1 saturated heterocycles. The van der Waals surface area contributed by atoms with Crippen molar-refractivity contribution in [3.05, 3.63) is 12.7 Å². The van der Waals surface area contributed by atoms with Gasteiger partial charge in [-0.1, -0.05) is 12.7 Å². The number of hydrogen-bond acceptors (Lipinski definition) is 3. The summed E-state index contributed by atoms with van der Waals surface area (Å²) in [6.45, 7) is 3.34. The van der Waals surface area contributed by atoms with Crippen molar-refractivity contribution in [3.63, 3.8) is 0 Å². The zero-order valence-electron chi connectivity index (χ0n) is 11.0. The van der Waals surface area contributed by atoms with Crippen molar-refractivity contribution in [1.29, 1.82) is 0 Å². The number of aliphatic carboxylic acids is 1. The number of hydrogen-bond donors (Lipinski definition) is 1. The van der Waals surface area contributed by atoms with Crippen molar-refractivity contribution in [2.45, 2.75) is 25.2 Å². The van der Waals surface area contributed by atoms with Crippen LogP contribution in [-0.4, -0.2) is 47.7 Å². The largest absolute Gasteiger partial charge is 0.481 e. The van der Waals surface area contributed by atoms with Crippen LogP contribution in [0, 0.1) is 11.3 Å². The third kappa shape index (κ3) is 2.48. The quantitative estimate of drug-likeness (QED) is 0.808. The number of carboxylic acid groups (broad SMARTS) is 1. The molecule has 1 heterocycles. The first-order chi connectivity index (χ1) is 9.31. The molecule has 0 spiro atoms. The molecule has 112 valence electrons. The van der Waals surface area contributed by atoms with Crippen molar-refractivity contribution >= 4 is 12.1 Å². The molecule has 0 aromatic rings. The summed E-state index contributed by atoms with van der Waals surface area (Å²) in [5, 5.41) is 9.41. The van der Waals surface area contributed by atoms with Crippen LogP contribution < -0.4 is 0 Å². The van der Waals surface area contributed by atoms with Gasteiger partial charge in [0.2, 0.25) is 5.92 Å². The Morgan fingerprint density at radius 3 is 2.75 bits per heavy atom. The fraction of sp³-hybridized carbons (Fsp3) is 0.692. The van der Waals surface area contributed by atoms with Gasteiger partial charge in [-0.2, -0.15) is 0 Å². The number of fused-ring (bicyclic) bond motifs is 1. The average molecular weight is 289 g/mol. The van der Waals surface area contributed by atoms with Gasteiger partial charge in [0.1, 0.15) is 6.61 Å². The molecule has 1 saturated carbocycles. The zero-order valence-corrected chi connectivity index (χ0v) is 11.0. The lowest BCUT2D eigenvalue weighted by molar-refractivity contribution is -0.160. The van der Waals surface area contributed by atoms with E-state index in [1.165, 1.54) is 11.0 Å². The predicted molar refractivity (Wildman–Crippen MR) is 65.5 cm³/mol. The van der Waals surface area contributed by atoms with E-state index in [-0.39, 0.29) is 26.1 Å². The molecule has 1 aliphatic carbocycles. The highest BCUT2D eigenvalue weighted by Gasteiger charge is 2.59. The number of carbonyl (C=O) groups excluding carboxylic acids is 1. The summed E-state index contributed by atoms with van der Waals surface area (Å²) in [7, 11) is 0. The topological polar surface area (TPSA) is 66.8 Å². The molecule has 0 aromatic carbocycles. The Bertz CT molecular complexity index is 440. The van der Waals surface area contributed by atoms with Crippen molar-refractivity contribution in [3.8, 4) is 0 Å². The van der Waals surface area contributed by atoms with Crippen molar-refractivity contribution in [2.24, 2.45) is 11.3 Å². The van der Waals surface area contributed by atoms with Crippen LogP contribution >= 0.6 is 0 Å². The third-order valence-corrected chi connectivity index (χ3v) is 4.19. The number of alkyl halides is 2. The fourth-order valence-electron chi connectivity index (χ4n) is 3.10. The summed E-state index contributed by atoms with van der Waals surface area (Å²) in [6.07, 6.45) is -0.355. The molecule has 2 aliphatic rings. The van der Waals surface area contributed by atoms with E-state index in [4.69, 9.17) is 4.74 Å². The minimum absolute atomic E-state index is 0.00212. The molecule has 7 heteroatoms. The number of nitrogens with zero attached hydrogens (tertiary/aromatic N) is 1. The van der Waals surface area contributed by atoms with Crippen LogP contribution in [-0.2, 0) is 9.53 Å². The number of amides is 1. The standard InChI is InChI=1S/C13H17F2NO4/c1-2-5-20-11(19)16-7-9-6-13(14,15)4-3-12(9,8-16)10(17)18/h2,9H,1,3-8H2,(H,17,18)/t9-,12-/m1/s1. The highest BCUT2D eigenvalue weighted by atomic mass is 19.3. The smallest absolute Gasteiger partial charge is 0.410 e. The zero-order chi connectivity index (χ0) is 15.0. The molecule has 2 atom stereocenters. The van der Waals surface area contributed by atoms with E-state index in [0.717, 1.165) is 0 Å². The molecule has 1 aliphatic heterocycles. The SMILES string of the molecule is C=CCOC(=O)N1C[C@H]2CC(F)(F)CC[C@@]2(C(=O)O)C1. The normalized spacial score (nSPS) is 31.5. The highest BCUT2D eigenvalue weighted by molar-refractivity contribution is 5.78. The first-order valence-corrected chi connectivity index (χ1v) is 6.44. The second kappa shape index (κ2) is 5.03. The van der Waals surface area contributed by atoms with E-state index in [9.17, 15) is 23.5 Å². The summed E-state index contributed by atoms with van der Waals surface area (Å²) >= 11 is 0. The first-order valence-electron chi connectivity index (χ1n) is 6.44. The number of carbonyl (C=O) groups is 2. The Morgan fingerprint density at radius 2 is 2.15 bits per heavy atom. The van der Waals surface area contributed by atoms with Gasteiger partial charge in [0, 0.05) is 31.8 Å². The van der Waals surface area contributed by atoms with Gasteiger partial charge < -0.3 is 14.7 Å². The van der Waals surface area contributed by atoms with Crippen LogP contribution in [0.3, 0.4) is 0 Å². The molecule has 20 heavy (non-hydrogen) atoms. The molecule has 1 N–H and O–H groups in total. The average Bonchev–Trinajstić information content (AvgIpc) is 2.74. The van der Waals surface area contributed by atoms with Crippen molar-refractivity contribution < 1.29 is 28.2 Å². The molecular formula is C13H17F2NO4. The van der Waals surface area contributed by atoms with Gasteiger partial charge in [0.25, 0.3) is 0 Å². The fourth-order valence-corrected chi connectivity index (χ4v) is 3.10. The Morgan fingerprint density at radius 1 is 1.45 bits per heavy atom. The van der Waals surface area contributed by atoms with Gasteiger partial charge in [0.05, 0.1) is 5.41 Å². The van der Waals surface area contributed by atoms with Crippen molar-refractivity contribution in [1.82, 2.24) is 4.90 Å². The maximum atomic E-state index is 13.5. The molecule has 0 aromatic heterocycles. The van der Waals surface area contributed by atoms with Gasteiger partial charge in [-0.3, -0.25) is 4.79 Å². The summed E-state index contributed by atoms with van der Waals surface area (Å²) in [4.78, 5) is 24.5. The molecule has 2 fully saturated rings. The number of rotatable bonds is 3. The van der Waals surface area contributed by atoms with Crippen LogP contribution in [0.25, 0.3) is 0 Å². The minimum Gasteiger partial charge on any atom is -0.481 e. The van der Waals surface area contributed by atoms with Crippen LogP contribution in [0.15, 0.2) is 12.7 Å². The summed E-state index contributed by atoms with van der Waals surface area (Å²) in [6, 6.07) is 0. The maximum absolute atomic E-state index is 13.5. The van der Waals surface area contributed by atoms with Gasteiger partial charge in [-0.25, -0.2) is 13.6 Å². The van der Waals surface area contributed by atoms with Crippen LogP contribution in [0.5, 0.6) is 0 Å². The number of ether oxygens (including phenoxy) is 1. The number of likely N-dealkylation sites (tertiary alicyclic amines) is 1. The summed E-state index contributed by atoms with van der Waals surface area (Å²) in [5.41, 5.74) is -1.27. The van der Waals surface area contributed by atoms with E-state index in [1.54, 1.807) is 0 Å². The van der Waals surface area contributed by atoms with E-state index < -0.39 is 42.2 Å². The Balaban J connectivity index is 2.15. The molecule has 0 unspecified atom stereocenters. The monoisotopic (exact) mass is 289 g/mol. The molecule has 0 bridgehead atoms. The summed E-state index contributed by atoms with van der Waals surface area (Å²) < 4.78 is 31.8. The predicted octanol–water partition coefficient (Wildman–Crippen LogP) is 2.13. The van der Waals surface area contributed by atoms with Gasteiger partial charge in [-0.15, -0.1) is 0 Å². The van der Waals surface area contributed by atoms with Crippen molar-refractivity contribution in [2.75, 3.05) is 19.7 Å². The lowest BCUT2D eigenvalue weighted by Crippen LogP contribution is -2.46. The Labute approximate surface area is 115 Å². The van der Waals surface area contributed by atoms with Crippen LogP contribution in [0.1, 0.15) is 19.3 Å².